The van der Waals surface area contributed by atoms with E-state index in [1.807, 2.05) is 0 Å². The molecule has 1 unspecified atom stereocenters. The number of hydrogen-bond acceptors (Lipinski definition) is 18. The van der Waals surface area contributed by atoms with Gasteiger partial charge >= 0.3 is 41.8 Å². The molecule has 18 nitrogen and oxygen atoms in total. The number of rotatable bonds is 18. The van der Waals surface area contributed by atoms with E-state index in [1.165, 1.54) is 84.9 Å². The fraction of sp³-hybridized carbons (Fsp3) is 0.197. The van der Waals surface area contributed by atoms with Gasteiger partial charge in [0.2, 0.25) is 0 Å². The van der Waals surface area contributed by atoms with Crippen LogP contribution in [0.15, 0.2) is 212 Å². The van der Waals surface area contributed by atoms with Crippen molar-refractivity contribution in [1.29, 1.82) is 0 Å². The molecule has 18 heteroatoms. The molecule has 0 aliphatic carbocycles. The topological polar surface area (TPSA) is 232 Å². The molecule has 402 valence electrons. The monoisotopic (exact) mass is 1070 g/mol. The van der Waals surface area contributed by atoms with Crippen LogP contribution in [-0.4, -0.2) is 122 Å². The average molecular weight is 1070 g/mol. The van der Waals surface area contributed by atoms with Crippen molar-refractivity contribution in [3.05, 3.63) is 251 Å². The zero-order valence-electron chi connectivity index (χ0n) is 41.8. The van der Waals surface area contributed by atoms with Crippen LogP contribution in [0, 0.1) is 0 Å². The summed E-state index contributed by atoms with van der Waals surface area (Å²) >= 11 is 0. The molecule has 0 saturated carbocycles. The van der Waals surface area contributed by atoms with E-state index in [9.17, 15) is 38.7 Å². The molecular formula is C61H50O18. The van der Waals surface area contributed by atoms with Crippen molar-refractivity contribution in [2.45, 2.75) is 61.4 Å². The Bertz CT molecular complexity index is 3170. The van der Waals surface area contributed by atoms with Crippen molar-refractivity contribution >= 4 is 41.8 Å². The van der Waals surface area contributed by atoms with Crippen molar-refractivity contribution in [2.24, 2.45) is 0 Å². The minimum Gasteiger partial charge on any atom is -0.459 e. The van der Waals surface area contributed by atoms with Crippen molar-refractivity contribution in [3.63, 3.8) is 0 Å². The van der Waals surface area contributed by atoms with Gasteiger partial charge in [-0.3, -0.25) is 0 Å². The zero-order chi connectivity index (χ0) is 55.1. The Balaban J connectivity index is 1.18. The minimum absolute atomic E-state index is 0.00210. The van der Waals surface area contributed by atoms with E-state index in [0.29, 0.717) is 0 Å². The molecule has 79 heavy (non-hydrogen) atoms. The van der Waals surface area contributed by atoms with Crippen LogP contribution in [-0.2, 0) is 47.4 Å². The number of benzene rings is 7. The first-order chi connectivity index (χ1) is 38.5. The van der Waals surface area contributed by atoms with Crippen LogP contribution in [0.2, 0.25) is 0 Å². The Morgan fingerprint density at radius 2 is 0.557 bits per heavy atom. The largest absolute Gasteiger partial charge is 0.459 e. The van der Waals surface area contributed by atoms with Gasteiger partial charge in [0.25, 0.3) is 0 Å². The fourth-order valence-electron chi connectivity index (χ4n) is 8.59. The van der Waals surface area contributed by atoms with Gasteiger partial charge in [-0.25, -0.2) is 33.6 Å². The first-order valence-electron chi connectivity index (χ1n) is 24.9. The third-order valence-corrected chi connectivity index (χ3v) is 12.5. The van der Waals surface area contributed by atoms with Crippen LogP contribution in [0.25, 0.3) is 0 Å². The molecule has 7 aromatic carbocycles. The molecule has 10 atom stereocenters. The highest BCUT2D eigenvalue weighted by Crippen LogP contribution is 2.36. The summed E-state index contributed by atoms with van der Waals surface area (Å²) < 4.78 is 62.0. The summed E-state index contributed by atoms with van der Waals surface area (Å²) in [6.07, 6.45) is -19.0. The van der Waals surface area contributed by atoms with Gasteiger partial charge < -0.3 is 52.5 Å². The van der Waals surface area contributed by atoms with Crippen LogP contribution in [0.4, 0.5) is 0 Å². The number of carbonyl (C=O) groups is 7. The molecule has 0 radical (unpaired) electrons. The number of esters is 7. The number of ether oxygens (including phenoxy) is 10. The standard InChI is InChI=1S/C61H50O18/c62-53(38-22-8-1-9-23-38)70-36-45-48(49(75-56(65)41-28-14-4-15-29-41)51(60(69)72-45)77-58(67)43-32-18-6-19-33-43)79-61-52(78-59(68)44-34-20-7-21-35-44)50(76-57(66)42-30-16-5-17-31-42)47(74-55(64)40-26-12-3-13-27-40)46(73-61)37-71-54(63)39-24-10-2-11-25-39/h1-35,45-52,60-61,69H,36-37H2/t45-,46-,47-,48-,49+,50+,51-,52-,60?,61-/m1/s1. The van der Waals surface area contributed by atoms with Gasteiger partial charge in [-0.15, -0.1) is 0 Å². The number of hydrogen-bond donors (Lipinski definition) is 1. The summed E-state index contributed by atoms with van der Waals surface area (Å²) in [6, 6.07) is 54.1. The highest BCUT2D eigenvalue weighted by Gasteiger charge is 2.58. The van der Waals surface area contributed by atoms with E-state index in [2.05, 4.69) is 0 Å². The molecular weight excluding hydrogens is 1020 g/mol. The van der Waals surface area contributed by atoms with Gasteiger partial charge in [0.1, 0.15) is 31.5 Å². The Morgan fingerprint density at radius 3 is 0.886 bits per heavy atom. The summed E-state index contributed by atoms with van der Waals surface area (Å²) in [7, 11) is 0. The summed E-state index contributed by atoms with van der Waals surface area (Å²) in [5.41, 5.74) is 0.298. The molecule has 1 N–H and O–H groups in total. The summed E-state index contributed by atoms with van der Waals surface area (Å²) in [5.74, 6) is -6.72. The van der Waals surface area contributed by atoms with Crippen LogP contribution in [0.3, 0.4) is 0 Å². The minimum atomic E-state index is -2.12. The van der Waals surface area contributed by atoms with Gasteiger partial charge in [-0.1, -0.05) is 127 Å². The van der Waals surface area contributed by atoms with Crippen LogP contribution >= 0.6 is 0 Å². The van der Waals surface area contributed by atoms with Gasteiger partial charge in [0.05, 0.1) is 38.9 Å². The Labute approximate surface area is 452 Å². The second kappa shape index (κ2) is 26.1. The predicted molar refractivity (Wildman–Crippen MR) is 276 cm³/mol. The molecule has 2 heterocycles. The lowest BCUT2D eigenvalue weighted by Gasteiger charge is -2.48. The van der Waals surface area contributed by atoms with Crippen molar-refractivity contribution in [3.8, 4) is 0 Å². The second-order valence-corrected chi connectivity index (χ2v) is 17.8. The number of carbonyl (C=O) groups excluding carboxylic acids is 7. The lowest BCUT2D eigenvalue weighted by atomic mass is 9.95. The maximum absolute atomic E-state index is 14.5. The molecule has 0 spiro atoms. The first-order valence-corrected chi connectivity index (χ1v) is 24.9. The Morgan fingerprint density at radius 1 is 0.304 bits per heavy atom. The molecule has 7 aromatic rings. The number of aliphatic hydroxyl groups is 1. The van der Waals surface area contributed by atoms with Gasteiger partial charge in [-0.2, -0.15) is 0 Å². The van der Waals surface area contributed by atoms with E-state index in [0.717, 1.165) is 0 Å². The highest BCUT2D eigenvalue weighted by atomic mass is 16.8. The molecule has 2 aliphatic rings. The van der Waals surface area contributed by atoms with E-state index in [1.54, 1.807) is 127 Å². The maximum atomic E-state index is 14.5. The lowest BCUT2D eigenvalue weighted by molar-refractivity contribution is -0.352. The van der Waals surface area contributed by atoms with Crippen molar-refractivity contribution < 1.29 is 86.0 Å². The van der Waals surface area contributed by atoms with Crippen molar-refractivity contribution in [1.82, 2.24) is 0 Å². The Hall–Kier alpha value is -9.33. The maximum Gasteiger partial charge on any atom is 0.338 e. The molecule has 2 saturated heterocycles. The molecule has 2 aliphatic heterocycles. The van der Waals surface area contributed by atoms with E-state index >= 15 is 0 Å². The average Bonchev–Trinajstić information content (AvgIpc) is 3.60. The quantitative estimate of drug-likeness (QED) is 0.0642. The van der Waals surface area contributed by atoms with Crippen LogP contribution in [0.1, 0.15) is 72.5 Å². The predicted octanol–water partition coefficient (Wildman–Crippen LogP) is 7.66. The highest BCUT2D eigenvalue weighted by molar-refractivity contribution is 5.93. The van der Waals surface area contributed by atoms with E-state index in [4.69, 9.17) is 47.4 Å². The second-order valence-electron chi connectivity index (χ2n) is 17.8. The van der Waals surface area contributed by atoms with Crippen molar-refractivity contribution in [2.75, 3.05) is 13.2 Å². The van der Waals surface area contributed by atoms with Gasteiger partial charge in [0, 0.05) is 0 Å². The lowest BCUT2D eigenvalue weighted by Crippen LogP contribution is -2.67. The van der Waals surface area contributed by atoms with Crippen LogP contribution < -0.4 is 0 Å². The summed E-state index contributed by atoms with van der Waals surface area (Å²) in [5, 5.41) is 11.9. The molecule has 2 fully saturated rings. The molecule has 9 rings (SSSR count). The van der Waals surface area contributed by atoms with Gasteiger partial charge in [0.15, 0.2) is 43.1 Å². The van der Waals surface area contributed by atoms with E-state index < -0.39 is 116 Å². The number of aliphatic hydroxyl groups excluding tert-OH is 1. The summed E-state index contributed by atoms with van der Waals surface area (Å²) in [6.45, 7) is -1.50. The third kappa shape index (κ3) is 13.8. The normalized spacial score (nSPS) is 22.4. The molecule has 0 amide bonds. The first kappa shape index (κ1) is 54.5. The van der Waals surface area contributed by atoms with Gasteiger partial charge in [-0.05, 0) is 84.9 Å². The molecule has 0 bridgehead atoms. The zero-order valence-corrected chi connectivity index (χ0v) is 41.8. The van der Waals surface area contributed by atoms with E-state index in [-0.39, 0.29) is 38.9 Å². The fourth-order valence-corrected chi connectivity index (χ4v) is 8.59. The molecule has 0 aromatic heterocycles. The smallest absolute Gasteiger partial charge is 0.338 e. The summed E-state index contributed by atoms with van der Waals surface area (Å²) in [4.78, 5) is 98.6. The SMILES string of the molecule is O=C(OC[C@H]1O[C@H](O[C@H]2[C@H](OC(=O)c3ccccc3)[C@@H](OC(=O)c3ccccc3)C(O)O[C@@H]2COC(=O)c2ccccc2)[C@H](OC(=O)c2ccccc2)[C@@H](OC(=O)c2ccccc2)[C@@H]1OC(=O)c1ccccc1)c1ccccc1. The Kier molecular flexibility index (Phi) is 18.0. The third-order valence-electron chi connectivity index (χ3n) is 12.5. The van der Waals surface area contributed by atoms with Crippen LogP contribution in [0.5, 0.6) is 0 Å².